The first-order chi connectivity index (χ1) is 17.0. The normalized spacial score (nSPS) is 15.1. The van der Waals surface area contributed by atoms with E-state index in [-0.39, 0.29) is 0 Å². The number of hydrogen-bond donors (Lipinski definition) is 0. The van der Waals surface area contributed by atoms with Crippen molar-refractivity contribution < 1.29 is 4.74 Å². The van der Waals surface area contributed by atoms with E-state index in [9.17, 15) is 0 Å². The third-order valence-electron chi connectivity index (χ3n) is 6.88. The van der Waals surface area contributed by atoms with Gasteiger partial charge in [0, 0.05) is 62.5 Å². The van der Waals surface area contributed by atoms with Gasteiger partial charge < -0.3 is 24.0 Å². The van der Waals surface area contributed by atoms with Crippen LogP contribution < -0.4 is 4.90 Å². The van der Waals surface area contributed by atoms with Crippen LogP contribution in [0.2, 0.25) is 0 Å². The Labute approximate surface area is 207 Å². The summed E-state index contributed by atoms with van der Waals surface area (Å²) in [6.07, 6.45) is 0. The largest absolute Gasteiger partial charge is 0.374 e. The number of nitrogens with zero attached hydrogens (tertiary/aromatic N) is 6. The molecule has 0 amide bonds. The molecule has 184 valence electrons. The molecule has 2 aromatic heterocycles. The second-order valence-electron chi connectivity index (χ2n) is 9.63. The standard InChI is InChI=1S/C28H36N6O/c1-5-35-20-25-30-27-26(21-10-12-22(13-11-21)33-17-15-32(4)16-18-33)29-24-9-7-6-8-23(24)28(27)34(25)19-14-31(2)3/h6-13H,5,14-20H2,1-4H3. The zero-order valence-corrected chi connectivity index (χ0v) is 21.4. The van der Waals surface area contributed by atoms with Crippen molar-refractivity contribution in [1.29, 1.82) is 0 Å². The first-order valence-electron chi connectivity index (χ1n) is 12.6. The van der Waals surface area contributed by atoms with Crippen LogP contribution in [0.1, 0.15) is 12.7 Å². The van der Waals surface area contributed by atoms with Crippen LogP contribution in [-0.2, 0) is 17.9 Å². The van der Waals surface area contributed by atoms with Gasteiger partial charge in [-0.2, -0.15) is 0 Å². The Bertz CT molecular complexity index is 1290. The molecule has 4 aromatic rings. The number of pyridine rings is 1. The average Bonchev–Trinajstić information content (AvgIpc) is 3.25. The Balaban J connectivity index is 1.62. The van der Waals surface area contributed by atoms with Gasteiger partial charge in [0.15, 0.2) is 0 Å². The molecular weight excluding hydrogens is 436 g/mol. The highest BCUT2D eigenvalue weighted by Crippen LogP contribution is 2.34. The lowest BCUT2D eigenvalue weighted by molar-refractivity contribution is 0.125. The number of para-hydroxylation sites is 1. The molecule has 35 heavy (non-hydrogen) atoms. The fraction of sp³-hybridized carbons (Fsp3) is 0.429. The Morgan fingerprint density at radius 2 is 1.69 bits per heavy atom. The summed E-state index contributed by atoms with van der Waals surface area (Å²) in [5.41, 5.74) is 6.39. The van der Waals surface area contributed by atoms with E-state index >= 15 is 0 Å². The number of ether oxygens (including phenoxy) is 1. The van der Waals surface area contributed by atoms with E-state index in [0.29, 0.717) is 13.2 Å². The molecule has 0 bridgehead atoms. The van der Waals surface area contributed by atoms with E-state index in [1.165, 1.54) is 5.69 Å². The molecule has 0 atom stereocenters. The molecule has 1 aliphatic heterocycles. The van der Waals surface area contributed by atoms with E-state index < -0.39 is 0 Å². The molecular formula is C28H36N6O. The summed E-state index contributed by atoms with van der Waals surface area (Å²) in [5, 5.41) is 1.13. The summed E-state index contributed by atoms with van der Waals surface area (Å²) >= 11 is 0. The number of imidazole rings is 1. The number of benzene rings is 2. The van der Waals surface area contributed by atoms with Crippen LogP contribution in [0.3, 0.4) is 0 Å². The van der Waals surface area contributed by atoms with Gasteiger partial charge in [0.25, 0.3) is 0 Å². The molecule has 0 spiro atoms. The number of aromatic nitrogens is 3. The Hall–Kier alpha value is -3.00. The molecule has 7 nitrogen and oxygen atoms in total. The van der Waals surface area contributed by atoms with Gasteiger partial charge in [-0.25, -0.2) is 9.97 Å². The van der Waals surface area contributed by atoms with Gasteiger partial charge in [-0.3, -0.25) is 0 Å². The number of piperazine rings is 1. The van der Waals surface area contributed by atoms with Crippen molar-refractivity contribution in [3.63, 3.8) is 0 Å². The Morgan fingerprint density at radius 1 is 0.943 bits per heavy atom. The molecule has 1 fully saturated rings. The maximum atomic E-state index is 5.82. The number of hydrogen-bond acceptors (Lipinski definition) is 6. The van der Waals surface area contributed by atoms with Gasteiger partial charge >= 0.3 is 0 Å². The molecule has 7 heteroatoms. The topological polar surface area (TPSA) is 49.7 Å². The lowest BCUT2D eigenvalue weighted by atomic mass is 10.1. The molecule has 0 radical (unpaired) electrons. The molecule has 5 rings (SSSR count). The minimum absolute atomic E-state index is 0.495. The van der Waals surface area contributed by atoms with Crippen LogP contribution in [0.25, 0.3) is 33.2 Å². The highest BCUT2D eigenvalue weighted by atomic mass is 16.5. The van der Waals surface area contributed by atoms with Gasteiger partial charge in [-0.1, -0.05) is 30.3 Å². The predicted octanol–water partition coefficient (Wildman–Crippen LogP) is 4.10. The molecule has 1 saturated heterocycles. The van der Waals surface area contributed by atoms with Gasteiger partial charge in [0.05, 0.1) is 16.7 Å². The molecule has 3 heterocycles. The molecule has 0 unspecified atom stereocenters. The molecule has 0 N–H and O–H groups in total. The van der Waals surface area contributed by atoms with Crippen molar-refractivity contribution in [3.8, 4) is 11.3 Å². The first-order valence-corrected chi connectivity index (χ1v) is 12.6. The van der Waals surface area contributed by atoms with Crippen LogP contribution in [0.15, 0.2) is 48.5 Å². The summed E-state index contributed by atoms with van der Waals surface area (Å²) in [6, 6.07) is 17.3. The highest BCUT2D eigenvalue weighted by Gasteiger charge is 2.20. The van der Waals surface area contributed by atoms with Gasteiger partial charge in [0.1, 0.15) is 17.9 Å². The SMILES string of the molecule is CCOCc1nc2c(-c3ccc(N4CCN(C)CC4)cc3)nc3ccccc3c2n1CCN(C)C. The smallest absolute Gasteiger partial charge is 0.136 e. The zero-order valence-electron chi connectivity index (χ0n) is 21.4. The minimum Gasteiger partial charge on any atom is -0.374 e. The van der Waals surface area contributed by atoms with Gasteiger partial charge in [-0.15, -0.1) is 0 Å². The van der Waals surface area contributed by atoms with E-state index in [4.69, 9.17) is 14.7 Å². The van der Waals surface area contributed by atoms with Crippen LogP contribution >= 0.6 is 0 Å². The molecule has 1 aliphatic rings. The van der Waals surface area contributed by atoms with Crippen LogP contribution in [0.5, 0.6) is 0 Å². The van der Waals surface area contributed by atoms with Crippen molar-refractivity contribution >= 4 is 27.6 Å². The Kier molecular flexibility index (Phi) is 7.00. The second kappa shape index (κ2) is 10.3. The maximum absolute atomic E-state index is 5.82. The fourth-order valence-electron chi connectivity index (χ4n) is 4.82. The Morgan fingerprint density at radius 3 is 2.40 bits per heavy atom. The fourth-order valence-corrected chi connectivity index (χ4v) is 4.82. The number of rotatable bonds is 8. The van der Waals surface area contributed by atoms with E-state index in [1.54, 1.807) is 0 Å². The number of likely N-dealkylation sites (N-methyl/N-ethyl adjacent to an activating group) is 2. The summed E-state index contributed by atoms with van der Waals surface area (Å²) in [6.45, 7) is 9.28. The summed E-state index contributed by atoms with van der Waals surface area (Å²) in [4.78, 5) is 17.3. The highest BCUT2D eigenvalue weighted by molar-refractivity contribution is 6.08. The number of anilines is 1. The van der Waals surface area contributed by atoms with Crippen molar-refractivity contribution in [2.75, 3.05) is 65.4 Å². The molecule has 2 aromatic carbocycles. The van der Waals surface area contributed by atoms with Crippen LogP contribution in [0.4, 0.5) is 5.69 Å². The van der Waals surface area contributed by atoms with E-state index in [0.717, 1.165) is 78.3 Å². The van der Waals surface area contributed by atoms with Crippen LogP contribution in [-0.4, -0.2) is 84.8 Å². The lowest BCUT2D eigenvalue weighted by Gasteiger charge is -2.34. The molecule has 0 saturated carbocycles. The van der Waals surface area contributed by atoms with Crippen molar-refractivity contribution in [2.45, 2.75) is 20.1 Å². The maximum Gasteiger partial charge on any atom is 0.136 e. The monoisotopic (exact) mass is 472 g/mol. The summed E-state index contributed by atoms with van der Waals surface area (Å²) < 4.78 is 8.15. The summed E-state index contributed by atoms with van der Waals surface area (Å²) in [7, 11) is 6.40. The third-order valence-corrected chi connectivity index (χ3v) is 6.88. The zero-order chi connectivity index (χ0) is 24.4. The minimum atomic E-state index is 0.495. The van der Waals surface area contributed by atoms with Gasteiger partial charge in [-0.05, 0) is 46.3 Å². The molecule has 0 aliphatic carbocycles. The quantitative estimate of drug-likeness (QED) is 0.385. The van der Waals surface area contributed by atoms with E-state index in [2.05, 4.69) is 88.9 Å². The first kappa shape index (κ1) is 23.7. The average molecular weight is 473 g/mol. The second-order valence-corrected chi connectivity index (χ2v) is 9.63. The van der Waals surface area contributed by atoms with Crippen molar-refractivity contribution in [3.05, 3.63) is 54.4 Å². The predicted molar refractivity (Wildman–Crippen MR) is 144 cm³/mol. The third kappa shape index (κ3) is 4.89. The van der Waals surface area contributed by atoms with Crippen molar-refractivity contribution in [2.24, 2.45) is 0 Å². The van der Waals surface area contributed by atoms with Crippen molar-refractivity contribution in [1.82, 2.24) is 24.3 Å². The lowest BCUT2D eigenvalue weighted by Crippen LogP contribution is -2.44. The number of fused-ring (bicyclic) bond motifs is 3. The summed E-state index contributed by atoms with van der Waals surface area (Å²) in [5.74, 6) is 0.956. The van der Waals surface area contributed by atoms with Gasteiger partial charge in [0.2, 0.25) is 0 Å². The van der Waals surface area contributed by atoms with Crippen LogP contribution in [0, 0.1) is 0 Å². The van der Waals surface area contributed by atoms with E-state index in [1.807, 2.05) is 6.92 Å².